The summed E-state index contributed by atoms with van der Waals surface area (Å²) >= 11 is 0. The number of halogens is 3. The summed E-state index contributed by atoms with van der Waals surface area (Å²) < 4.78 is 45.0. The zero-order valence-electron chi connectivity index (χ0n) is 18.9. The second kappa shape index (κ2) is 10.1. The summed E-state index contributed by atoms with van der Waals surface area (Å²) in [6.45, 7) is 0.543. The predicted octanol–water partition coefficient (Wildman–Crippen LogP) is 3.71. The Morgan fingerprint density at radius 3 is 2.46 bits per heavy atom. The summed E-state index contributed by atoms with van der Waals surface area (Å²) in [5.74, 6) is -1.07. The van der Waals surface area contributed by atoms with Gasteiger partial charge in [-0.3, -0.25) is 14.4 Å². The molecule has 3 N–H and O–H groups in total. The summed E-state index contributed by atoms with van der Waals surface area (Å²) in [7, 11) is 0. The van der Waals surface area contributed by atoms with Crippen molar-refractivity contribution in [1.82, 2.24) is 10.6 Å². The minimum Gasteiger partial charge on any atom is -0.378 e. The molecule has 7 nitrogen and oxygen atoms in total. The number of anilines is 2. The first-order valence-corrected chi connectivity index (χ1v) is 11.4. The largest absolute Gasteiger partial charge is 0.418 e. The molecule has 186 valence electrons. The first-order chi connectivity index (χ1) is 16.7. The Morgan fingerprint density at radius 2 is 1.83 bits per heavy atom. The lowest BCUT2D eigenvalue weighted by atomic mass is 9.95. The van der Waals surface area contributed by atoms with Crippen LogP contribution >= 0.6 is 0 Å². The fourth-order valence-corrected chi connectivity index (χ4v) is 4.33. The number of Topliss-reactive ketones (excluding diaryl/α,β-unsaturated/α-hetero) is 1. The van der Waals surface area contributed by atoms with Crippen molar-refractivity contribution in [2.24, 2.45) is 5.92 Å². The van der Waals surface area contributed by atoms with E-state index in [0.29, 0.717) is 31.6 Å². The normalized spacial score (nSPS) is 22.1. The Kier molecular flexibility index (Phi) is 7.11. The summed E-state index contributed by atoms with van der Waals surface area (Å²) in [5, 5.41) is 8.41. The number of ketones is 1. The molecule has 1 aliphatic carbocycles. The van der Waals surface area contributed by atoms with Gasteiger partial charge in [-0.25, -0.2) is 0 Å². The van der Waals surface area contributed by atoms with Gasteiger partial charge in [-0.2, -0.15) is 13.2 Å². The molecule has 1 unspecified atom stereocenters. The number of alkyl halides is 3. The SMILES string of the molecule is O=C1CCC(C(=O)N[C@@]2(C(=O)NCc3ccc(Nc4ccccc4C(F)(F)F)cc3)CCOC2)C1. The molecule has 1 heterocycles. The number of benzene rings is 2. The van der Waals surface area contributed by atoms with Gasteiger partial charge in [0.1, 0.15) is 11.3 Å². The van der Waals surface area contributed by atoms with Crippen molar-refractivity contribution in [3.05, 3.63) is 59.7 Å². The number of nitrogens with one attached hydrogen (secondary N) is 3. The third-order valence-electron chi connectivity index (χ3n) is 6.35. The van der Waals surface area contributed by atoms with Gasteiger partial charge in [0, 0.05) is 44.0 Å². The minimum atomic E-state index is -4.48. The Balaban J connectivity index is 1.36. The molecule has 1 aliphatic heterocycles. The maximum Gasteiger partial charge on any atom is 0.418 e. The molecular formula is C25H26F3N3O4. The van der Waals surface area contributed by atoms with Crippen LogP contribution < -0.4 is 16.0 Å². The fourth-order valence-electron chi connectivity index (χ4n) is 4.33. The van der Waals surface area contributed by atoms with E-state index >= 15 is 0 Å². The van der Waals surface area contributed by atoms with Crippen LogP contribution in [-0.4, -0.2) is 36.4 Å². The van der Waals surface area contributed by atoms with Crippen LogP contribution in [0.15, 0.2) is 48.5 Å². The molecule has 2 aromatic rings. The van der Waals surface area contributed by atoms with Crippen molar-refractivity contribution < 1.29 is 32.3 Å². The van der Waals surface area contributed by atoms with Crippen molar-refractivity contribution in [3.63, 3.8) is 0 Å². The number of carbonyl (C=O) groups is 3. The lowest BCUT2D eigenvalue weighted by Gasteiger charge is -2.28. The highest BCUT2D eigenvalue weighted by Gasteiger charge is 2.45. The molecule has 2 aliphatic rings. The van der Waals surface area contributed by atoms with Gasteiger partial charge in [-0.05, 0) is 36.2 Å². The number of rotatable bonds is 7. The maximum absolute atomic E-state index is 13.2. The molecule has 10 heteroatoms. The quantitative estimate of drug-likeness (QED) is 0.551. The molecule has 4 rings (SSSR count). The van der Waals surface area contributed by atoms with E-state index in [9.17, 15) is 27.6 Å². The number of carbonyl (C=O) groups excluding carboxylic acids is 3. The minimum absolute atomic E-state index is 0.0474. The van der Waals surface area contributed by atoms with Crippen LogP contribution in [-0.2, 0) is 31.8 Å². The van der Waals surface area contributed by atoms with E-state index in [-0.39, 0.29) is 42.9 Å². The van der Waals surface area contributed by atoms with E-state index < -0.39 is 23.2 Å². The highest BCUT2D eigenvalue weighted by Crippen LogP contribution is 2.35. The van der Waals surface area contributed by atoms with Crippen molar-refractivity contribution in [3.8, 4) is 0 Å². The van der Waals surface area contributed by atoms with E-state index in [4.69, 9.17) is 4.74 Å². The molecule has 2 amide bonds. The molecule has 0 radical (unpaired) electrons. The molecule has 1 saturated carbocycles. The van der Waals surface area contributed by atoms with Crippen molar-refractivity contribution in [1.29, 1.82) is 0 Å². The zero-order valence-corrected chi connectivity index (χ0v) is 18.9. The fraction of sp³-hybridized carbons (Fsp3) is 0.400. The Labute approximate surface area is 200 Å². The number of para-hydroxylation sites is 1. The monoisotopic (exact) mass is 489 g/mol. The molecule has 2 fully saturated rings. The van der Waals surface area contributed by atoms with E-state index in [2.05, 4.69) is 16.0 Å². The van der Waals surface area contributed by atoms with Crippen molar-refractivity contribution in [2.45, 2.75) is 43.9 Å². The van der Waals surface area contributed by atoms with Crippen LogP contribution in [0.5, 0.6) is 0 Å². The van der Waals surface area contributed by atoms with Crippen LogP contribution in [0.1, 0.15) is 36.8 Å². The molecular weight excluding hydrogens is 463 g/mol. The first-order valence-electron chi connectivity index (χ1n) is 11.4. The van der Waals surface area contributed by atoms with Gasteiger partial charge in [-0.15, -0.1) is 0 Å². The standard InChI is InChI=1S/C25H26F3N3O4/c26-25(27,28)20-3-1-2-4-21(20)30-18-8-5-16(6-9-18)14-29-23(34)24(11-12-35-15-24)31-22(33)17-7-10-19(32)13-17/h1-6,8-9,17,30H,7,10-15H2,(H,29,34)(H,31,33)/t17?,24-/m0/s1. The molecule has 1 saturated heterocycles. The predicted molar refractivity (Wildman–Crippen MR) is 122 cm³/mol. The average Bonchev–Trinajstić information content (AvgIpc) is 3.48. The lowest BCUT2D eigenvalue weighted by molar-refractivity contribution is -0.137. The summed E-state index contributed by atoms with van der Waals surface area (Å²) in [6, 6.07) is 11.9. The number of amides is 2. The molecule has 2 aromatic carbocycles. The maximum atomic E-state index is 13.2. The third kappa shape index (κ3) is 5.82. The highest BCUT2D eigenvalue weighted by atomic mass is 19.4. The summed E-state index contributed by atoms with van der Waals surface area (Å²) in [5.41, 5.74) is -0.801. The Morgan fingerprint density at radius 1 is 1.09 bits per heavy atom. The van der Waals surface area contributed by atoms with Crippen LogP contribution in [0.4, 0.5) is 24.5 Å². The van der Waals surface area contributed by atoms with Gasteiger partial charge < -0.3 is 20.7 Å². The van der Waals surface area contributed by atoms with E-state index in [0.717, 1.165) is 11.6 Å². The van der Waals surface area contributed by atoms with E-state index in [1.165, 1.54) is 18.2 Å². The molecule has 35 heavy (non-hydrogen) atoms. The van der Waals surface area contributed by atoms with Gasteiger partial charge in [0.2, 0.25) is 11.8 Å². The number of hydrogen-bond donors (Lipinski definition) is 3. The van der Waals surface area contributed by atoms with Gasteiger partial charge in [0.15, 0.2) is 0 Å². The molecule has 0 spiro atoms. The second-order valence-corrected chi connectivity index (χ2v) is 8.90. The van der Waals surface area contributed by atoms with Crippen LogP contribution in [0.25, 0.3) is 0 Å². The molecule has 0 aromatic heterocycles. The Bertz CT molecular complexity index is 1100. The van der Waals surface area contributed by atoms with E-state index in [1.54, 1.807) is 24.3 Å². The zero-order chi connectivity index (χ0) is 25.1. The van der Waals surface area contributed by atoms with Crippen molar-refractivity contribution >= 4 is 29.0 Å². The highest BCUT2D eigenvalue weighted by molar-refractivity contribution is 5.95. The van der Waals surface area contributed by atoms with Gasteiger partial charge in [0.25, 0.3) is 0 Å². The van der Waals surface area contributed by atoms with Crippen LogP contribution in [0, 0.1) is 5.92 Å². The summed E-state index contributed by atoms with van der Waals surface area (Å²) in [6.07, 6.45) is -3.10. The number of ether oxygens (including phenoxy) is 1. The topological polar surface area (TPSA) is 96.5 Å². The van der Waals surface area contributed by atoms with Gasteiger partial charge in [-0.1, -0.05) is 24.3 Å². The average molecular weight is 489 g/mol. The van der Waals surface area contributed by atoms with Crippen LogP contribution in [0.2, 0.25) is 0 Å². The first kappa shape index (κ1) is 24.7. The van der Waals surface area contributed by atoms with Gasteiger partial charge in [0.05, 0.1) is 17.9 Å². The van der Waals surface area contributed by atoms with Gasteiger partial charge >= 0.3 is 6.18 Å². The van der Waals surface area contributed by atoms with Crippen molar-refractivity contribution in [2.75, 3.05) is 18.5 Å². The lowest BCUT2D eigenvalue weighted by Crippen LogP contribution is -2.60. The third-order valence-corrected chi connectivity index (χ3v) is 6.35. The Hall–Kier alpha value is -3.40. The molecule has 2 atom stereocenters. The summed E-state index contributed by atoms with van der Waals surface area (Å²) in [4.78, 5) is 37.1. The number of hydrogen-bond acceptors (Lipinski definition) is 5. The van der Waals surface area contributed by atoms with E-state index in [1.807, 2.05) is 0 Å². The smallest absolute Gasteiger partial charge is 0.378 e. The second-order valence-electron chi connectivity index (χ2n) is 8.90. The molecule has 0 bridgehead atoms. The van der Waals surface area contributed by atoms with Crippen LogP contribution in [0.3, 0.4) is 0 Å².